The molecule has 2 heterocycles. The standard InChI is InChI=1S/C16H13Cl2N3O.C4H10/c1-2-4-13(22)15-16(10-7-11(17)9-12(18)8-10)21-14(20-15)5-3-6-19-21;1-3-4-2/h3,5-9H,2,4H2,1H3;3-4H2,1-2H3. The van der Waals surface area contributed by atoms with Gasteiger partial charge in [0.1, 0.15) is 11.4 Å². The van der Waals surface area contributed by atoms with Crippen molar-refractivity contribution in [1.29, 1.82) is 0 Å². The summed E-state index contributed by atoms with van der Waals surface area (Å²) in [5.41, 5.74) is 2.37. The van der Waals surface area contributed by atoms with Gasteiger partial charge in [-0.25, -0.2) is 9.50 Å². The van der Waals surface area contributed by atoms with E-state index in [0.717, 1.165) is 12.0 Å². The molecule has 0 aliphatic heterocycles. The number of hydrogen-bond acceptors (Lipinski definition) is 3. The molecule has 0 bridgehead atoms. The molecule has 0 fully saturated rings. The number of aromatic nitrogens is 3. The van der Waals surface area contributed by atoms with Gasteiger partial charge in [0.05, 0.1) is 0 Å². The lowest BCUT2D eigenvalue weighted by molar-refractivity contribution is 0.0978. The van der Waals surface area contributed by atoms with Gasteiger partial charge in [0.15, 0.2) is 11.4 Å². The van der Waals surface area contributed by atoms with E-state index in [0.29, 0.717) is 33.5 Å². The summed E-state index contributed by atoms with van der Waals surface area (Å²) in [6.07, 6.45) is 5.49. The van der Waals surface area contributed by atoms with E-state index in [-0.39, 0.29) is 5.78 Å². The number of nitrogens with zero attached hydrogens (tertiary/aromatic N) is 3. The SMILES string of the molecule is CCCC.CCCC(=O)c1nc2cccnn2c1-c1cc(Cl)cc(Cl)c1. The number of rotatable bonds is 5. The summed E-state index contributed by atoms with van der Waals surface area (Å²) in [6, 6.07) is 8.76. The Labute approximate surface area is 164 Å². The zero-order valence-corrected chi connectivity index (χ0v) is 16.8. The van der Waals surface area contributed by atoms with E-state index in [4.69, 9.17) is 23.2 Å². The van der Waals surface area contributed by atoms with Crippen LogP contribution in [0.3, 0.4) is 0 Å². The highest BCUT2D eigenvalue weighted by molar-refractivity contribution is 6.35. The van der Waals surface area contributed by atoms with Crippen molar-refractivity contribution in [2.24, 2.45) is 0 Å². The van der Waals surface area contributed by atoms with Crippen LogP contribution in [-0.4, -0.2) is 20.4 Å². The third-order valence-electron chi connectivity index (χ3n) is 3.77. The van der Waals surface area contributed by atoms with Crippen LogP contribution in [0.1, 0.15) is 56.9 Å². The third-order valence-corrected chi connectivity index (χ3v) is 4.21. The Bertz CT molecular complexity index is 868. The van der Waals surface area contributed by atoms with E-state index in [1.54, 1.807) is 35.0 Å². The molecular weight excluding hydrogens is 369 g/mol. The number of Topliss-reactive ketones (excluding diaryl/α,β-unsaturated/α-hetero) is 1. The summed E-state index contributed by atoms with van der Waals surface area (Å²) in [4.78, 5) is 16.8. The zero-order valence-electron chi connectivity index (χ0n) is 15.3. The smallest absolute Gasteiger partial charge is 0.183 e. The molecule has 0 spiro atoms. The van der Waals surface area contributed by atoms with Crippen LogP contribution < -0.4 is 0 Å². The van der Waals surface area contributed by atoms with Crippen molar-refractivity contribution in [2.75, 3.05) is 0 Å². The van der Waals surface area contributed by atoms with Crippen LogP contribution in [0.15, 0.2) is 36.5 Å². The van der Waals surface area contributed by atoms with E-state index in [9.17, 15) is 4.79 Å². The van der Waals surface area contributed by atoms with Gasteiger partial charge in [0, 0.05) is 28.2 Å². The second-order valence-electron chi connectivity index (χ2n) is 5.93. The van der Waals surface area contributed by atoms with Crippen LogP contribution in [-0.2, 0) is 0 Å². The quantitative estimate of drug-likeness (QED) is 0.466. The number of halogens is 2. The molecule has 0 amide bonds. The molecule has 0 N–H and O–H groups in total. The first-order chi connectivity index (χ1) is 12.5. The van der Waals surface area contributed by atoms with Crippen molar-refractivity contribution in [1.82, 2.24) is 14.6 Å². The molecular formula is C20H23Cl2N3O. The Morgan fingerprint density at radius 2 is 1.69 bits per heavy atom. The fourth-order valence-corrected chi connectivity index (χ4v) is 2.90. The van der Waals surface area contributed by atoms with Crippen molar-refractivity contribution in [3.05, 3.63) is 52.3 Å². The van der Waals surface area contributed by atoms with Crippen LogP contribution in [0.2, 0.25) is 10.0 Å². The van der Waals surface area contributed by atoms with Crippen molar-refractivity contribution in [3.63, 3.8) is 0 Å². The van der Waals surface area contributed by atoms with E-state index in [1.165, 1.54) is 12.8 Å². The lowest BCUT2D eigenvalue weighted by Crippen LogP contribution is -2.02. The summed E-state index contributed by atoms with van der Waals surface area (Å²) < 4.78 is 1.64. The molecule has 0 unspecified atom stereocenters. The summed E-state index contributed by atoms with van der Waals surface area (Å²) in [5, 5.41) is 5.30. The number of carbonyl (C=O) groups excluding carboxylic acids is 1. The number of hydrogen-bond donors (Lipinski definition) is 0. The van der Waals surface area contributed by atoms with Crippen LogP contribution in [0.25, 0.3) is 16.9 Å². The molecule has 3 rings (SSSR count). The van der Waals surface area contributed by atoms with Gasteiger partial charge in [0.2, 0.25) is 0 Å². The molecule has 26 heavy (non-hydrogen) atoms. The maximum Gasteiger partial charge on any atom is 0.183 e. The third kappa shape index (κ3) is 4.83. The summed E-state index contributed by atoms with van der Waals surface area (Å²) in [7, 11) is 0. The minimum Gasteiger partial charge on any atom is -0.292 e. The molecule has 0 saturated carbocycles. The number of ketones is 1. The molecule has 3 aromatic rings. The summed E-state index contributed by atoms with van der Waals surface area (Å²) in [5.74, 6) is -0.0147. The van der Waals surface area contributed by atoms with E-state index in [1.807, 2.05) is 13.0 Å². The zero-order chi connectivity index (χ0) is 19.1. The van der Waals surface area contributed by atoms with Gasteiger partial charge in [-0.1, -0.05) is 56.8 Å². The van der Waals surface area contributed by atoms with Crippen LogP contribution in [0.5, 0.6) is 0 Å². The average molecular weight is 392 g/mol. The topological polar surface area (TPSA) is 47.3 Å². The highest BCUT2D eigenvalue weighted by Crippen LogP contribution is 2.30. The lowest BCUT2D eigenvalue weighted by atomic mass is 10.1. The number of carbonyl (C=O) groups is 1. The molecule has 0 aliphatic rings. The first-order valence-electron chi connectivity index (χ1n) is 8.85. The predicted octanol–water partition coefficient (Wildman–Crippen LogP) is 6.49. The molecule has 1 aromatic carbocycles. The summed E-state index contributed by atoms with van der Waals surface area (Å²) >= 11 is 12.2. The number of unbranched alkanes of at least 4 members (excludes halogenated alkanes) is 1. The van der Waals surface area contributed by atoms with Gasteiger partial charge >= 0.3 is 0 Å². The molecule has 0 aliphatic carbocycles. The van der Waals surface area contributed by atoms with Crippen molar-refractivity contribution in [3.8, 4) is 11.3 Å². The lowest BCUT2D eigenvalue weighted by Gasteiger charge is -2.05. The van der Waals surface area contributed by atoms with E-state index in [2.05, 4.69) is 23.9 Å². The van der Waals surface area contributed by atoms with Gasteiger partial charge in [-0.3, -0.25) is 4.79 Å². The molecule has 2 aromatic heterocycles. The molecule has 138 valence electrons. The van der Waals surface area contributed by atoms with Crippen LogP contribution in [0, 0.1) is 0 Å². The predicted molar refractivity (Wildman–Crippen MR) is 108 cm³/mol. The van der Waals surface area contributed by atoms with Crippen LogP contribution in [0.4, 0.5) is 0 Å². The monoisotopic (exact) mass is 391 g/mol. The highest BCUT2D eigenvalue weighted by atomic mass is 35.5. The minimum atomic E-state index is -0.0147. The van der Waals surface area contributed by atoms with Crippen molar-refractivity contribution >= 4 is 34.6 Å². The highest BCUT2D eigenvalue weighted by Gasteiger charge is 2.21. The normalized spacial score (nSPS) is 10.5. The Balaban J connectivity index is 0.000000552. The minimum absolute atomic E-state index is 0.0147. The largest absolute Gasteiger partial charge is 0.292 e. The van der Waals surface area contributed by atoms with Crippen molar-refractivity contribution in [2.45, 2.75) is 46.5 Å². The molecule has 0 atom stereocenters. The van der Waals surface area contributed by atoms with Gasteiger partial charge in [-0.05, 0) is 36.8 Å². The van der Waals surface area contributed by atoms with Crippen LogP contribution >= 0.6 is 23.2 Å². The maximum atomic E-state index is 12.4. The number of benzene rings is 1. The fraction of sp³-hybridized carbons (Fsp3) is 0.350. The van der Waals surface area contributed by atoms with Gasteiger partial charge in [-0.2, -0.15) is 5.10 Å². The first kappa shape index (κ1) is 20.4. The van der Waals surface area contributed by atoms with Gasteiger partial charge < -0.3 is 0 Å². The van der Waals surface area contributed by atoms with E-state index < -0.39 is 0 Å². The molecule has 0 radical (unpaired) electrons. The van der Waals surface area contributed by atoms with Gasteiger partial charge in [0.25, 0.3) is 0 Å². The van der Waals surface area contributed by atoms with E-state index >= 15 is 0 Å². The second kappa shape index (κ2) is 9.70. The Morgan fingerprint density at radius 3 is 2.27 bits per heavy atom. The molecule has 4 nitrogen and oxygen atoms in total. The first-order valence-corrected chi connectivity index (χ1v) is 9.60. The molecule has 6 heteroatoms. The maximum absolute atomic E-state index is 12.4. The molecule has 0 saturated heterocycles. The number of imidazole rings is 1. The second-order valence-corrected chi connectivity index (χ2v) is 6.81. The number of fused-ring (bicyclic) bond motifs is 1. The Morgan fingerprint density at radius 1 is 1.04 bits per heavy atom. The Hall–Kier alpha value is -1.91. The summed E-state index contributed by atoms with van der Waals surface area (Å²) in [6.45, 7) is 6.32. The van der Waals surface area contributed by atoms with Crippen molar-refractivity contribution < 1.29 is 4.79 Å². The average Bonchev–Trinajstić information content (AvgIpc) is 3.01. The Kier molecular flexibility index (Phi) is 7.61. The fourth-order valence-electron chi connectivity index (χ4n) is 2.38. The van der Waals surface area contributed by atoms with Gasteiger partial charge in [-0.15, -0.1) is 0 Å².